The van der Waals surface area contributed by atoms with Gasteiger partial charge < -0.3 is 15.5 Å². The molecule has 0 spiro atoms. The summed E-state index contributed by atoms with van der Waals surface area (Å²) in [6.45, 7) is 6.07. The average Bonchev–Trinajstić information content (AvgIpc) is 3.35. The second kappa shape index (κ2) is 21.3. The average molecular weight is 912 g/mol. The van der Waals surface area contributed by atoms with Crippen molar-refractivity contribution in [2.45, 2.75) is 37.5 Å². The van der Waals surface area contributed by atoms with Crippen molar-refractivity contribution in [2.24, 2.45) is 0 Å². The molecule has 2 N–H and O–H groups in total. The van der Waals surface area contributed by atoms with Crippen molar-refractivity contribution >= 4 is 11.7 Å². The van der Waals surface area contributed by atoms with Gasteiger partial charge in [-0.25, -0.2) is 4.79 Å². The van der Waals surface area contributed by atoms with Gasteiger partial charge in [-0.2, -0.15) is 26.3 Å². The van der Waals surface area contributed by atoms with E-state index < -0.39 is 23.5 Å². The molecule has 2 aliphatic rings. The highest BCUT2D eigenvalue weighted by molar-refractivity contribution is 5.89. The van der Waals surface area contributed by atoms with Gasteiger partial charge in [-0.1, -0.05) is 164 Å². The molecule has 12 heteroatoms. The molecule has 6 nitrogen and oxygen atoms in total. The third kappa shape index (κ3) is 12.2. The number of benzene rings is 7. The Morgan fingerprint density at radius 3 is 1.46 bits per heavy atom. The summed E-state index contributed by atoms with van der Waals surface area (Å²) in [7, 11) is 0. The molecule has 2 fully saturated rings. The maximum atomic E-state index is 13.5. The predicted molar refractivity (Wildman–Crippen MR) is 253 cm³/mol. The number of para-hydroxylation sites is 1. The van der Waals surface area contributed by atoms with E-state index >= 15 is 0 Å². The lowest BCUT2D eigenvalue weighted by Crippen LogP contribution is -2.51. The highest BCUT2D eigenvalue weighted by atomic mass is 19.4. The molecule has 2 atom stereocenters. The van der Waals surface area contributed by atoms with Crippen molar-refractivity contribution in [3.8, 4) is 22.3 Å². The van der Waals surface area contributed by atoms with Gasteiger partial charge >= 0.3 is 18.4 Å². The zero-order valence-corrected chi connectivity index (χ0v) is 36.7. The van der Waals surface area contributed by atoms with Crippen LogP contribution in [-0.2, 0) is 25.4 Å². The SMILES string of the molecule is FC(F)(F)c1ccccc1-c1ccc(CN2CCNC(c3ccccc3)C2)cc1.O=C(Nc1ccccc1)N1CCN(Cc2ccc(-c3ccccc3C(F)(F)F)cc2)CC1c1ccccc1. The zero-order valence-electron chi connectivity index (χ0n) is 36.7. The molecule has 7 aromatic carbocycles. The lowest BCUT2D eigenvalue weighted by Gasteiger charge is -2.41. The summed E-state index contributed by atoms with van der Waals surface area (Å²) in [5, 5.41) is 6.56. The van der Waals surface area contributed by atoms with E-state index in [1.165, 1.54) is 29.8 Å². The summed E-state index contributed by atoms with van der Waals surface area (Å²) < 4.78 is 80.3. The molecule has 2 heterocycles. The Bertz CT molecular complexity index is 2660. The third-order valence-electron chi connectivity index (χ3n) is 12.2. The first-order valence-electron chi connectivity index (χ1n) is 22.3. The van der Waals surface area contributed by atoms with Gasteiger partial charge in [-0.3, -0.25) is 9.80 Å². The van der Waals surface area contributed by atoms with E-state index in [1.54, 1.807) is 36.4 Å². The number of nitrogens with zero attached hydrogens (tertiary/aromatic N) is 3. The minimum Gasteiger partial charge on any atom is -0.315 e. The summed E-state index contributed by atoms with van der Waals surface area (Å²) in [5.74, 6) is 0. The Balaban J connectivity index is 0.000000188. The molecule has 0 bridgehead atoms. The number of alkyl halides is 6. The quantitative estimate of drug-likeness (QED) is 0.142. The Morgan fingerprint density at radius 1 is 0.507 bits per heavy atom. The van der Waals surface area contributed by atoms with Gasteiger partial charge in [-0.15, -0.1) is 0 Å². The lowest BCUT2D eigenvalue weighted by atomic mass is 9.98. The number of amides is 2. The van der Waals surface area contributed by atoms with Crippen LogP contribution < -0.4 is 10.6 Å². The molecule has 2 amide bonds. The fourth-order valence-corrected chi connectivity index (χ4v) is 8.83. The first kappa shape index (κ1) is 46.8. The number of halogens is 6. The Kier molecular flexibility index (Phi) is 14.9. The molecule has 0 radical (unpaired) electrons. The second-order valence-electron chi connectivity index (χ2n) is 16.8. The molecule has 344 valence electrons. The summed E-state index contributed by atoms with van der Waals surface area (Å²) >= 11 is 0. The van der Waals surface area contributed by atoms with Gasteiger partial charge in [-0.05, 0) is 68.8 Å². The van der Waals surface area contributed by atoms with Crippen LogP contribution >= 0.6 is 0 Å². The number of hydrogen-bond acceptors (Lipinski definition) is 4. The monoisotopic (exact) mass is 911 g/mol. The number of anilines is 1. The Hall–Kier alpha value is -6.73. The van der Waals surface area contributed by atoms with Gasteiger partial charge in [0.05, 0.1) is 17.2 Å². The summed E-state index contributed by atoms with van der Waals surface area (Å²) in [6, 6.07) is 55.8. The van der Waals surface area contributed by atoms with Gasteiger partial charge in [0.1, 0.15) is 0 Å². The fourth-order valence-electron chi connectivity index (χ4n) is 8.83. The molecule has 2 unspecified atom stereocenters. The molecular formula is C55H51F6N5O. The molecule has 67 heavy (non-hydrogen) atoms. The minimum absolute atomic E-state index is 0.133. The zero-order chi connectivity index (χ0) is 46.8. The molecule has 7 aromatic rings. The van der Waals surface area contributed by atoms with Crippen molar-refractivity contribution in [1.29, 1.82) is 0 Å². The van der Waals surface area contributed by atoms with Crippen LogP contribution in [0.1, 0.15) is 45.5 Å². The summed E-state index contributed by atoms with van der Waals surface area (Å²) in [4.78, 5) is 19.7. The highest BCUT2D eigenvalue weighted by Crippen LogP contribution is 2.38. The maximum absolute atomic E-state index is 13.5. The van der Waals surface area contributed by atoms with E-state index in [1.807, 2.05) is 108 Å². The van der Waals surface area contributed by atoms with E-state index in [-0.39, 0.29) is 23.2 Å². The van der Waals surface area contributed by atoms with Gasteiger partial charge in [0.2, 0.25) is 0 Å². The smallest absolute Gasteiger partial charge is 0.315 e. The molecule has 0 aromatic heterocycles. The van der Waals surface area contributed by atoms with E-state index in [4.69, 9.17) is 0 Å². The molecule has 0 saturated carbocycles. The number of piperazine rings is 2. The second-order valence-corrected chi connectivity index (χ2v) is 16.8. The van der Waals surface area contributed by atoms with E-state index in [0.29, 0.717) is 43.3 Å². The largest absolute Gasteiger partial charge is 0.417 e. The highest BCUT2D eigenvalue weighted by Gasteiger charge is 2.35. The lowest BCUT2D eigenvalue weighted by molar-refractivity contribution is -0.137. The van der Waals surface area contributed by atoms with E-state index in [0.717, 1.165) is 60.7 Å². The van der Waals surface area contributed by atoms with Gasteiger partial charge in [0.25, 0.3) is 0 Å². The Morgan fingerprint density at radius 2 is 0.955 bits per heavy atom. The van der Waals surface area contributed by atoms with Crippen molar-refractivity contribution < 1.29 is 31.1 Å². The number of urea groups is 1. The molecule has 2 saturated heterocycles. The number of nitrogens with one attached hydrogen (secondary N) is 2. The fraction of sp³-hybridized carbons (Fsp3) is 0.218. The van der Waals surface area contributed by atoms with E-state index in [9.17, 15) is 31.1 Å². The number of carbonyl (C=O) groups is 1. The molecule has 0 aliphatic carbocycles. The van der Waals surface area contributed by atoms with E-state index in [2.05, 4.69) is 32.6 Å². The van der Waals surface area contributed by atoms with Crippen molar-refractivity contribution in [2.75, 3.05) is 44.6 Å². The molecular weight excluding hydrogens is 861 g/mol. The van der Waals surface area contributed by atoms with Crippen LogP contribution in [0.2, 0.25) is 0 Å². The van der Waals surface area contributed by atoms with Crippen LogP contribution in [0.3, 0.4) is 0 Å². The molecule has 9 rings (SSSR count). The van der Waals surface area contributed by atoms with Gasteiger partial charge in [0.15, 0.2) is 0 Å². The topological polar surface area (TPSA) is 50.9 Å². The van der Waals surface area contributed by atoms with Crippen molar-refractivity contribution in [1.82, 2.24) is 20.0 Å². The third-order valence-corrected chi connectivity index (χ3v) is 12.2. The van der Waals surface area contributed by atoms with Gasteiger partial charge in [0, 0.05) is 64.1 Å². The first-order valence-corrected chi connectivity index (χ1v) is 22.3. The van der Waals surface area contributed by atoms with Crippen LogP contribution in [0.25, 0.3) is 22.3 Å². The van der Waals surface area contributed by atoms with Crippen molar-refractivity contribution in [3.05, 3.63) is 221 Å². The van der Waals surface area contributed by atoms with Crippen LogP contribution in [0.5, 0.6) is 0 Å². The predicted octanol–water partition coefficient (Wildman–Crippen LogP) is 13.0. The minimum atomic E-state index is -4.41. The summed E-state index contributed by atoms with van der Waals surface area (Å²) in [5.41, 5.74) is 5.47. The normalized spacial score (nSPS) is 17.0. The maximum Gasteiger partial charge on any atom is 0.417 e. The van der Waals surface area contributed by atoms with Crippen LogP contribution in [-0.4, -0.2) is 60.0 Å². The standard InChI is InChI=1S/C31H28F3N3O.C24H23F3N2/c32-31(33,34)28-14-8-7-13-27(28)24-17-15-23(16-18-24)21-36-19-20-37(29(22-36)25-9-3-1-4-10-25)30(38)35-26-11-5-2-6-12-26;25-24(26,27)22-9-5-4-8-21(22)19-12-10-18(11-13-19)16-29-15-14-28-23(17-29)20-6-2-1-3-7-20/h1-18,29H,19-22H2,(H,35,38);1-13,23,28H,14-17H2. The molecule has 2 aliphatic heterocycles. The Labute approximate surface area is 387 Å². The summed E-state index contributed by atoms with van der Waals surface area (Å²) in [6.07, 6.45) is -8.77. The number of rotatable bonds is 9. The number of hydrogen-bond donors (Lipinski definition) is 2. The van der Waals surface area contributed by atoms with Crippen LogP contribution in [0, 0.1) is 0 Å². The van der Waals surface area contributed by atoms with Crippen LogP contribution in [0.4, 0.5) is 36.8 Å². The van der Waals surface area contributed by atoms with Crippen LogP contribution in [0.15, 0.2) is 188 Å². The first-order chi connectivity index (χ1) is 32.4. The van der Waals surface area contributed by atoms with Crippen molar-refractivity contribution in [3.63, 3.8) is 0 Å². The number of carbonyl (C=O) groups excluding carboxylic acids is 1.